The second kappa shape index (κ2) is 6.59. The molecule has 0 spiro atoms. The van der Waals surface area contributed by atoms with Crippen molar-refractivity contribution in [3.8, 4) is 11.8 Å². The molecular weight excluding hydrogens is 290 g/mol. The van der Waals surface area contributed by atoms with Gasteiger partial charge in [-0.15, -0.1) is 0 Å². The first-order valence-corrected chi connectivity index (χ1v) is 8.22. The highest BCUT2D eigenvalue weighted by molar-refractivity contribution is 5.80. The number of nitrogens with zero attached hydrogens (tertiary/aromatic N) is 3. The fraction of sp³-hybridized carbons (Fsp3) is 0.556. The van der Waals surface area contributed by atoms with Crippen molar-refractivity contribution in [2.75, 3.05) is 26.7 Å². The average Bonchev–Trinajstić information content (AvgIpc) is 2.53. The number of amides is 1. The van der Waals surface area contributed by atoms with Gasteiger partial charge in [0.2, 0.25) is 5.91 Å². The summed E-state index contributed by atoms with van der Waals surface area (Å²) in [7, 11) is 2.12. The van der Waals surface area contributed by atoms with Gasteiger partial charge in [0.05, 0.1) is 24.7 Å². The minimum absolute atomic E-state index is 0.0653. The molecule has 0 unspecified atom stereocenters. The number of piperidine rings is 1. The Labute approximate surface area is 137 Å². The Hall–Kier alpha value is -2.06. The predicted octanol–water partition coefficient (Wildman–Crippen LogP) is 1.88. The zero-order chi connectivity index (χ0) is 16.4. The van der Waals surface area contributed by atoms with E-state index in [2.05, 4.69) is 24.9 Å². The first-order chi connectivity index (χ1) is 11.1. The molecule has 2 atom stereocenters. The van der Waals surface area contributed by atoms with Crippen molar-refractivity contribution in [3.05, 3.63) is 29.8 Å². The van der Waals surface area contributed by atoms with Crippen molar-refractivity contribution < 1.29 is 9.53 Å². The smallest absolute Gasteiger partial charge is 0.226 e. The molecule has 0 bridgehead atoms. The van der Waals surface area contributed by atoms with Gasteiger partial charge in [-0.2, -0.15) is 5.26 Å². The van der Waals surface area contributed by atoms with Crippen LogP contribution in [0.2, 0.25) is 0 Å². The summed E-state index contributed by atoms with van der Waals surface area (Å²) >= 11 is 0. The summed E-state index contributed by atoms with van der Waals surface area (Å²) < 4.78 is 5.84. The van der Waals surface area contributed by atoms with E-state index >= 15 is 0 Å². The quantitative estimate of drug-likeness (QED) is 0.855. The average molecular weight is 313 g/mol. The van der Waals surface area contributed by atoms with Crippen LogP contribution >= 0.6 is 0 Å². The summed E-state index contributed by atoms with van der Waals surface area (Å²) in [4.78, 5) is 16.8. The van der Waals surface area contributed by atoms with E-state index in [1.54, 1.807) is 12.1 Å². The van der Waals surface area contributed by atoms with Crippen molar-refractivity contribution in [1.82, 2.24) is 9.80 Å². The Balaban J connectivity index is 1.47. The van der Waals surface area contributed by atoms with Gasteiger partial charge in [0.1, 0.15) is 11.9 Å². The van der Waals surface area contributed by atoms with Gasteiger partial charge in [-0.3, -0.25) is 4.79 Å². The molecule has 1 aromatic carbocycles. The molecule has 1 aromatic rings. The van der Waals surface area contributed by atoms with E-state index in [0.29, 0.717) is 24.7 Å². The Morgan fingerprint density at radius 2 is 2.00 bits per heavy atom. The zero-order valence-electron chi connectivity index (χ0n) is 13.7. The summed E-state index contributed by atoms with van der Waals surface area (Å²) in [5.41, 5.74) is 0.624. The van der Waals surface area contributed by atoms with Crippen molar-refractivity contribution >= 4 is 5.91 Å². The fourth-order valence-electron chi connectivity index (χ4n) is 3.27. The Morgan fingerprint density at radius 1 is 1.30 bits per heavy atom. The highest BCUT2D eigenvalue weighted by Crippen LogP contribution is 2.26. The van der Waals surface area contributed by atoms with Gasteiger partial charge in [-0.05, 0) is 57.6 Å². The van der Waals surface area contributed by atoms with Crippen LogP contribution in [0.3, 0.4) is 0 Å². The van der Waals surface area contributed by atoms with Gasteiger partial charge in [-0.1, -0.05) is 0 Å². The zero-order valence-corrected chi connectivity index (χ0v) is 13.7. The highest BCUT2D eigenvalue weighted by Gasteiger charge is 2.37. The molecule has 2 aliphatic heterocycles. The maximum Gasteiger partial charge on any atom is 0.226 e. The van der Waals surface area contributed by atoms with Gasteiger partial charge >= 0.3 is 0 Å². The van der Waals surface area contributed by atoms with Crippen molar-refractivity contribution in [3.63, 3.8) is 0 Å². The van der Waals surface area contributed by atoms with E-state index in [4.69, 9.17) is 10.00 Å². The van der Waals surface area contributed by atoms with Gasteiger partial charge in [0.25, 0.3) is 0 Å². The summed E-state index contributed by atoms with van der Waals surface area (Å²) in [6, 6.07) is 9.67. The molecule has 5 nitrogen and oxygen atoms in total. The number of carbonyl (C=O) groups excluding carboxylic acids is 1. The lowest BCUT2D eigenvalue weighted by molar-refractivity contribution is -0.146. The van der Waals surface area contributed by atoms with Crippen LogP contribution in [0.4, 0.5) is 0 Å². The maximum absolute atomic E-state index is 12.5. The lowest BCUT2D eigenvalue weighted by Gasteiger charge is -2.43. The molecule has 0 saturated carbocycles. The number of ether oxygens (including phenoxy) is 1. The second-order valence-electron chi connectivity index (χ2n) is 6.67. The third-order valence-corrected chi connectivity index (χ3v) is 5.00. The molecule has 2 fully saturated rings. The van der Waals surface area contributed by atoms with E-state index in [9.17, 15) is 4.79 Å². The maximum atomic E-state index is 12.5. The summed E-state index contributed by atoms with van der Waals surface area (Å²) in [5, 5.41) is 8.78. The molecule has 2 heterocycles. The fourth-order valence-corrected chi connectivity index (χ4v) is 3.27. The summed E-state index contributed by atoms with van der Waals surface area (Å²) in [6.45, 7) is 4.52. The van der Waals surface area contributed by atoms with Gasteiger partial charge < -0.3 is 14.5 Å². The van der Waals surface area contributed by atoms with Crippen LogP contribution in [0.15, 0.2) is 24.3 Å². The third kappa shape index (κ3) is 3.48. The van der Waals surface area contributed by atoms with Crippen LogP contribution in [0, 0.1) is 17.2 Å². The Bertz CT molecular complexity index is 602. The lowest BCUT2D eigenvalue weighted by Crippen LogP contribution is -2.58. The summed E-state index contributed by atoms with van der Waals surface area (Å²) in [5.74, 6) is 1.20. The third-order valence-electron chi connectivity index (χ3n) is 5.00. The molecule has 0 aliphatic carbocycles. The second-order valence-corrected chi connectivity index (χ2v) is 6.67. The van der Waals surface area contributed by atoms with Crippen molar-refractivity contribution in [2.24, 2.45) is 5.92 Å². The van der Waals surface area contributed by atoms with Crippen molar-refractivity contribution in [2.45, 2.75) is 31.9 Å². The monoisotopic (exact) mass is 313 g/mol. The molecular formula is C18H23N3O2. The van der Waals surface area contributed by atoms with Gasteiger partial charge in [-0.25, -0.2) is 0 Å². The van der Waals surface area contributed by atoms with Crippen LogP contribution < -0.4 is 4.74 Å². The van der Waals surface area contributed by atoms with E-state index in [-0.39, 0.29) is 17.9 Å². The van der Waals surface area contributed by atoms with Crippen LogP contribution in [0.1, 0.15) is 25.3 Å². The number of likely N-dealkylation sites (tertiary alicyclic amines) is 2. The number of hydrogen-bond acceptors (Lipinski definition) is 4. The highest BCUT2D eigenvalue weighted by atomic mass is 16.5. The normalized spacial score (nSPS) is 25.5. The number of carbonyl (C=O) groups is 1. The van der Waals surface area contributed by atoms with Crippen LogP contribution in [-0.4, -0.2) is 54.5 Å². The molecule has 0 aromatic heterocycles. The Morgan fingerprint density at radius 3 is 2.61 bits per heavy atom. The van der Waals surface area contributed by atoms with Crippen LogP contribution in [-0.2, 0) is 4.79 Å². The molecule has 122 valence electrons. The number of hydrogen-bond donors (Lipinski definition) is 0. The van der Waals surface area contributed by atoms with Crippen LogP contribution in [0.25, 0.3) is 0 Å². The molecule has 5 heteroatoms. The predicted molar refractivity (Wildman–Crippen MR) is 87.0 cm³/mol. The molecule has 1 amide bonds. The minimum Gasteiger partial charge on any atom is -0.487 e. The van der Waals surface area contributed by atoms with Crippen LogP contribution in [0.5, 0.6) is 5.75 Å². The first-order valence-electron chi connectivity index (χ1n) is 8.22. The number of nitriles is 1. The number of rotatable bonds is 3. The first kappa shape index (κ1) is 15.8. The standard InChI is InChI=1S/C18H23N3O2/c1-13-9-15(7-8-20(13)2)18(22)21-11-17(12-21)23-16-5-3-14(10-19)4-6-16/h3-6,13,15,17H,7-9,11-12H2,1-2H3/t13-,15-/m0/s1. The number of benzene rings is 1. The minimum atomic E-state index is 0.0653. The van der Waals surface area contributed by atoms with Gasteiger partial charge in [0, 0.05) is 12.0 Å². The molecule has 3 rings (SSSR count). The summed E-state index contributed by atoms with van der Waals surface area (Å²) in [6.07, 6.45) is 1.97. The molecule has 23 heavy (non-hydrogen) atoms. The topological polar surface area (TPSA) is 56.6 Å². The molecule has 2 saturated heterocycles. The molecule has 0 radical (unpaired) electrons. The van der Waals surface area contributed by atoms with E-state index in [1.165, 1.54) is 0 Å². The molecule has 0 N–H and O–H groups in total. The lowest BCUT2D eigenvalue weighted by atomic mass is 9.90. The Kier molecular flexibility index (Phi) is 4.53. The molecule has 2 aliphatic rings. The van der Waals surface area contributed by atoms with E-state index < -0.39 is 0 Å². The van der Waals surface area contributed by atoms with E-state index in [1.807, 2.05) is 17.0 Å². The largest absolute Gasteiger partial charge is 0.487 e. The SMILES string of the molecule is C[C@H]1C[C@@H](C(=O)N2CC(Oc3ccc(C#N)cc3)C2)CCN1C. The van der Waals surface area contributed by atoms with Crippen molar-refractivity contribution in [1.29, 1.82) is 5.26 Å². The van der Waals surface area contributed by atoms with Gasteiger partial charge in [0.15, 0.2) is 0 Å². The van der Waals surface area contributed by atoms with E-state index in [0.717, 1.165) is 25.1 Å².